The highest BCUT2D eigenvalue weighted by Gasteiger charge is 2.39. The molecule has 0 saturated carbocycles. The minimum atomic E-state index is -0.373. The molecule has 0 N–H and O–H groups in total. The topological polar surface area (TPSA) is 58.4 Å². The molecule has 1 aromatic heterocycles. The van der Waals surface area contributed by atoms with E-state index in [2.05, 4.69) is 6.92 Å². The van der Waals surface area contributed by atoms with Crippen LogP contribution in [0.15, 0.2) is 78.9 Å². The van der Waals surface area contributed by atoms with Crippen LogP contribution in [0.4, 0.5) is 10.2 Å². The molecule has 2 amide bonds. The van der Waals surface area contributed by atoms with Gasteiger partial charge >= 0.3 is 0 Å². The Balaban J connectivity index is 1.57. The lowest BCUT2D eigenvalue weighted by Gasteiger charge is -2.32. The number of amides is 2. The van der Waals surface area contributed by atoms with Crippen LogP contribution in [0.2, 0.25) is 5.02 Å². The van der Waals surface area contributed by atoms with Gasteiger partial charge in [-0.15, -0.1) is 11.8 Å². The quantitative estimate of drug-likeness (QED) is 0.258. The summed E-state index contributed by atoms with van der Waals surface area (Å²) in [4.78, 5) is 31.0. The molecule has 6 rings (SSSR count). The average Bonchev–Trinajstić information content (AvgIpc) is 3.31. The fraction of sp³-hybridized carbons (Fsp3) is 0.281. The van der Waals surface area contributed by atoms with Crippen molar-refractivity contribution >= 4 is 41.0 Å². The zero-order chi connectivity index (χ0) is 28.5. The maximum absolute atomic E-state index is 14.0. The first kappa shape index (κ1) is 27.5. The van der Waals surface area contributed by atoms with E-state index in [-0.39, 0.29) is 35.2 Å². The van der Waals surface area contributed by atoms with Gasteiger partial charge in [-0.05, 0) is 54.7 Å². The van der Waals surface area contributed by atoms with Crippen LogP contribution in [-0.2, 0) is 9.59 Å². The number of piperidine rings is 1. The molecule has 0 bridgehead atoms. The molecule has 210 valence electrons. The predicted octanol–water partition coefficient (Wildman–Crippen LogP) is 6.76. The largest absolute Gasteiger partial charge is 0.341 e. The highest BCUT2D eigenvalue weighted by Crippen LogP contribution is 2.49. The fourth-order valence-corrected chi connectivity index (χ4v) is 7.06. The molecule has 3 heterocycles. The molecular formula is C32H30ClFN4O2S. The first-order chi connectivity index (χ1) is 19.9. The Kier molecular flexibility index (Phi) is 7.86. The van der Waals surface area contributed by atoms with Crippen LogP contribution in [0.3, 0.4) is 0 Å². The van der Waals surface area contributed by atoms with E-state index in [1.807, 2.05) is 59.5 Å². The Labute approximate surface area is 248 Å². The highest BCUT2D eigenvalue weighted by molar-refractivity contribution is 8.00. The second-order valence-corrected chi connectivity index (χ2v) is 12.1. The summed E-state index contributed by atoms with van der Waals surface area (Å²) < 4.78 is 15.7. The maximum atomic E-state index is 14.0. The SMILES string of the molecule is CC1CCN(C(=O)CN2C(=O)CS[C@H](c3ccccc3Cl)c3c(-c4ccccc4)nn(-c4ccc(F)cc4)c32)CC1. The summed E-state index contributed by atoms with van der Waals surface area (Å²) >= 11 is 8.22. The number of nitrogens with zero attached hydrogens (tertiary/aromatic N) is 4. The molecule has 4 aromatic rings. The van der Waals surface area contributed by atoms with E-state index in [0.29, 0.717) is 41.2 Å². The third kappa shape index (κ3) is 5.51. The number of anilines is 1. The minimum Gasteiger partial charge on any atom is -0.341 e. The summed E-state index contributed by atoms with van der Waals surface area (Å²) in [7, 11) is 0. The number of rotatable bonds is 5. The number of hydrogen-bond donors (Lipinski definition) is 0. The molecule has 2 aliphatic heterocycles. The third-order valence-electron chi connectivity index (χ3n) is 7.82. The molecule has 3 aromatic carbocycles. The zero-order valence-electron chi connectivity index (χ0n) is 22.7. The van der Waals surface area contributed by atoms with Crippen LogP contribution in [-0.4, -0.2) is 51.9 Å². The summed E-state index contributed by atoms with van der Waals surface area (Å²) in [5.74, 6) is 0.591. The molecule has 1 atom stereocenters. The van der Waals surface area contributed by atoms with Crippen molar-refractivity contribution in [3.63, 3.8) is 0 Å². The molecule has 0 radical (unpaired) electrons. The van der Waals surface area contributed by atoms with E-state index in [1.54, 1.807) is 21.7 Å². The molecule has 1 fully saturated rings. The second kappa shape index (κ2) is 11.7. The van der Waals surface area contributed by atoms with Crippen LogP contribution in [0.5, 0.6) is 0 Å². The van der Waals surface area contributed by atoms with Gasteiger partial charge in [0.15, 0.2) is 0 Å². The molecular weight excluding hydrogens is 559 g/mol. The lowest BCUT2D eigenvalue weighted by Crippen LogP contribution is -2.46. The van der Waals surface area contributed by atoms with Gasteiger partial charge in [-0.1, -0.05) is 67.1 Å². The first-order valence-electron chi connectivity index (χ1n) is 13.8. The highest BCUT2D eigenvalue weighted by atomic mass is 35.5. The van der Waals surface area contributed by atoms with Crippen molar-refractivity contribution in [3.8, 4) is 16.9 Å². The summed E-state index contributed by atoms with van der Waals surface area (Å²) in [5, 5.41) is 5.30. The summed E-state index contributed by atoms with van der Waals surface area (Å²) in [5.41, 5.74) is 3.80. The predicted molar refractivity (Wildman–Crippen MR) is 162 cm³/mol. The molecule has 9 heteroatoms. The van der Waals surface area contributed by atoms with Crippen molar-refractivity contribution in [2.75, 3.05) is 30.3 Å². The number of hydrogen-bond acceptors (Lipinski definition) is 4. The number of fused-ring (bicyclic) bond motifs is 1. The zero-order valence-corrected chi connectivity index (χ0v) is 24.2. The van der Waals surface area contributed by atoms with E-state index < -0.39 is 0 Å². The Morgan fingerprint density at radius 1 is 1.00 bits per heavy atom. The molecule has 0 aliphatic carbocycles. The third-order valence-corrected chi connectivity index (χ3v) is 9.41. The van der Waals surface area contributed by atoms with Crippen LogP contribution in [0, 0.1) is 11.7 Å². The lowest BCUT2D eigenvalue weighted by atomic mass is 9.99. The Morgan fingerprint density at radius 3 is 2.39 bits per heavy atom. The van der Waals surface area contributed by atoms with E-state index in [0.717, 1.165) is 29.5 Å². The van der Waals surface area contributed by atoms with Gasteiger partial charge < -0.3 is 4.90 Å². The van der Waals surface area contributed by atoms with Gasteiger partial charge in [0, 0.05) is 29.2 Å². The second-order valence-electron chi connectivity index (χ2n) is 10.6. The molecule has 1 saturated heterocycles. The average molecular weight is 589 g/mol. The summed E-state index contributed by atoms with van der Waals surface area (Å²) in [6.45, 7) is 3.46. The smallest absolute Gasteiger partial charge is 0.242 e. The van der Waals surface area contributed by atoms with Gasteiger partial charge in [0.25, 0.3) is 0 Å². The maximum Gasteiger partial charge on any atom is 0.242 e. The van der Waals surface area contributed by atoms with Crippen molar-refractivity contribution in [3.05, 3.63) is 101 Å². The lowest BCUT2D eigenvalue weighted by molar-refractivity contribution is -0.132. The van der Waals surface area contributed by atoms with Crippen molar-refractivity contribution < 1.29 is 14.0 Å². The number of benzene rings is 3. The Hall–Kier alpha value is -3.62. The van der Waals surface area contributed by atoms with E-state index in [1.165, 1.54) is 23.9 Å². The van der Waals surface area contributed by atoms with Crippen LogP contribution in [0.1, 0.15) is 36.1 Å². The number of carbonyl (C=O) groups excluding carboxylic acids is 2. The van der Waals surface area contributed by atoms with Gasteiger partial charge in [0.1, 0.15) is 18.2 Å². The monoisotopic (exact) mass is 588 g/mol. The number of aromatic nitrogens is 2. The summed E-state index contributed by atoms with van der Waals surface area (Å²) in [6.07, 6.45) is 1.89. The van der Waals surface area contributed by atoms with Gasteiger partial charge in [-0.3, -0.25) is 14.5 Å². The van der Waals surface area contributed by atoms with E-state index in [4.69, 9.17) is 16.7 Å². The minimum absolute atomic E-state index is 0.0921. The van der Waals surface area contributed by atoms with Crippen molar-refractivity contribution in [2.24, 2.45) is 5.92 Å². The molecule has 41 heavy (non-hydrogen) atoms. The number of thioether (sulfide) groups is 1. The van der Waals surface area contributed by atoms with Gasteiger partial charge in [-0.2, -0.15) is 5.10 Å². The van der Waals surface area contributed by atoms with Crippen LogP contribution >= 0.6 is 23.4 Å². The number of likely N-dealkylation sites (tertiary alicyclic amines) is 1. The van der Waals surface area contributed by atoms with Crippen LogP contribution in [0.25, 0.3) is 16.9 Å². The molecule has 6 nitrogen and oxygen atoms in total. The molecule has 0 spiro atoms. The van der Waals surface area contributed by atoms with Gasteiger partial charge in [-0.25, -0.2) is 9.07 Å². The van der Waals surface area contributed by atoms with Gasteiger partial charge in [0.05, 0.1) is 22.4 Å². The van der Waals surface area contributed by atoms with E-state index >= 15 is 0 Å². The first-order valence-corrected chi connectivity index (χ1v) is 15.2. The molecule has 0 unspecified atom stereocenters. The van der Waals surface area contributed by atoms with Crippen molar-refractivity contribution in [1.29, 1.82) is 0 Å². The number of carbonyl (C=O) groups is 2. The van der Waals surface area contributed by atoms with Gasteiger partial charge in [0.2, 0.25) is 11.8 Å². The Morgan fingerprint density at radius 2 is 1.68 bits per heavy atom. The normalized spacial score (nSPS) is 17.8. The number of halogens is 2. The summed E-state index contributed by atoms with van der Waals surface area (Å²) in [6, 6.07) is 23.4. The standard InChI is InChI=1S/C32H30ClFN4O2S/c1-21-15-17-36(18-16-21)27(39)19-37-28(40)20-41-31(25-9-5-6-10-26(25)33)29-30(22-7-3-2-4-8-22)35-38(32(29)37)24-13-11-23(34)12-14-24/h2-14,21,31H,15-20H2,1H3/t31-/m1/s1. The fourth-order valence-electron chi connectivity index (χ4n) is 5.52. The van der Waals surface area contributed by atoms with Crippen molar-refractivity contribution in [2.45, 2.75) is 25.0 Å². The van der Waals surface area contributed by atoms with Crippen molar-refractivity contribution in [1.82, 2.24) is 14.7 Å². The van der Waals surface area contributed by atoms with Crippen LogP contribution < -0.4 is 4.90 Å². The Bertz CT molecular complexity index is 1570. The van der Waals surface area contributed by atoms with E-state index in [9.17, 15) is 14.0 Å². The molecule has 2 aliphatic rings.